The number of nitrogens with one attached hydrogen (secondary N) is 2. The van der Waals surface area contributed by atoms with E-state index in [9.17, 15) is 14.4 Å². The summed E-state index contributed by atoms with van der Waals surface area (Å²) in [7, 11) is 0. The van der Waals surface area contributed by atoms with Crippen LogP contribution in [0.1, 0.15) is 87.7 Å². The van der Waals surface area contributed by atoms with Crippen molar-refractivity contribution in [2.45, 2.75) is 83.4 Å². The lowest BCUT2D eigenvalue weighted by atomic mass is 9.95. The molecule has 170 valence electrons. The summed E-state index contributed by atoms with van der Waals surface area (Å²) in [6.45, 7) is 6.39. The predicted octanol–water partition coefficient (Wildman–Crippen LogP) is 3.94. The van der Waals surface area contributed by atoms with E-state index in [-0.39, 0.29) is 17.9 Å². The van der Waals surface area contributed by atoms with Gasteiger partial charge in [-0.3, -0.25) is 9.59 Å². The van der Waals surface area contributed by atoms with Gasteiger partial charge >= 0.3 is 6.09 Å². The molecule has 3 amide bonds. The number of fused-ring (bicyclic) bond motifs is 1. The first kappa shape index (κ1) is 23.1. The number of benzene rings is 1. The molecule has 7 heteroatoms. The fourth-order valence-corrected chi connectivity index (χ4v) is 4.32. The van der Waals surface area contributed by atoms with Gasteiger partial charge in [0.05, 0.1) is 0 Å². The molecule has 1 aromatic carbocycles. The van der Waals surface area contributed by atoms with Crippen molar-refractivity contribution in [3.05, 3.63) is 35.4 Å². The molecule has 1 aliphatic carbocycles. The van der Waals surface area contributed by atoms with E-state index in [4.69, 9.17) is 4.74 Å². The molecule has 1 aliphatic heterocycles. The van der Waals surface area contributed by atoms with Gasteiger partial charge in [-0.05, 0) is 58.1 Å². The van der Waals surface area contributed by atoms with Crippen molar-refractivity contribution in [2.75, 3.05) is 13.1 Å². The third-order valence-corrected chi connectivity index (χ3v) is 5.75. The standard InChI is InChI=1S/C24H35N3O4/c1-24(2,3)31-23(30)25-15-9-10-16-27-20(18-13-7-8-14-19(18)22(27)29)21(28)26-17-11-5-4-6-12-17/h7-8,13-14,17,20H,4-6,9-12,15-16H2,1-3H3,(H,25,30)(H,26,28). The molecule has 1 heterocycles. The number of unbranched alkanes of at least 4 members (excludes halogenated alkanes) is 1. The van der Waals surface area contributed by atoms with Crippen LogP contribution in [-0.2, 0) is 9.53 Å². The van der Waals surface area contributed by atoms with Crippen LogP contribution in [0.15, 0.2) is 24.3 Å². The fourth-order valence-electron chi connectivity index (χ4n) is 4.32. The quantitative estimate of drug-likeness (QED) is 0.643. The highest BCUT2D eigenvalue weighted by Gasteiger charge is 2.41. The maximum atomic E-state index is 13.2. The summed E-state index contributed by atoms with van der Waals surface area (Å²) < 4.78 is 5.23. The van der Waals surface area contributed by atoms with Crippen molar-refractivity contribution in [1.29, 1.82) is 0 Å². The number of hydrogen-bond donors (Lipinski definition) is 2. The average Bonchev–Trinajstić information content (AvgIpc) is 2.99. The minimum atomic E-state index is -0.579. The lowest BCUT2D eigenvalue weighted by Gasteiger charge is -2.28. The topological polar surface area (TPSA) is 87.7 Å². The third kappa shape index (κ3) is 6.21. The Balaban J connectivity index is 1.56. The Bertz CT molecular complexity index is 796. The van der Waals surface area contributed by atoms with Gasteiger partial charge in [-0.1, -0.05) is 37.5 Å². The van der Waals surface area contributed by atoms with E-state index in [0.717, 1.165) is 31.2 Å². The van der Waals surface area contributed by atoms with E-state index in [2.05, 4.69) is 10.6 Å². The molecule has 0 radical (unpaired) electrons. The Kier molecular flexibility index (Phi) is 7.57. The predicted molar refractivity (Wildman–Crippen MR) is 119 cm³/mol. The van der Waals surface area contributed by atoms with Gasteiger partial charge in [0.15, 0.2) is 0 Å². The maximum Gasteiger partial charge on any atom is 0.407 e. The van der Waals surface area contributed by atoms with Crippen LogP contribution in [0.5, 0.6) is 0 Å². The van der Waals surface area contributed by atoms with Crippen molar-refractivity contribution >= 4 is 17.9 Å². The smallest absolute Gasteiger partial charge is 0.407 e. The fraction of sp³-hybridized carbons (Fsp3) is 0.625. The molecular weight excluding hydrogens is 394 g/mol. The summed E-state index contributed by atoms with van der Waals surface area (Å²) in [4.78, 5) is 39.6. The molecule has 3 rings (SSSR count). The van der Waals surface area contributed by atoms with Crippen LogP contribution in [0.4, 0.5) is 4.79 Å². The monoisotopic (exact) mass is 429 g/mol. The van der Waals surface area contributed by atoms with Gasteiger partial charge in [0.2, 0.25) is 5.91 Å². The Morgan fingerprint density at radius 2 is 1.81 bits per heavy atom. The molecule has 1 saturated carbocycles. The highest BCUT2D eigenvalue weighted by Crippen LogP contribution is 2.34. The number of carbonyl (C=O) groups is 3. The van der Waals surface area contributed by atoms with E-state index in [0.29, 0.717) is 31.5 Å². The Morgan fingerprint density at radius 3 is 2.52 bits per heavy atom. The molecule has 1 atom stereocenters. The molecule has 0 bridgehead atoms. The highest BCUT2D eigenvalue weighted by atomic mass is 16.6. The lowest BCUT2D eigenvalue weighted by Crippen LogP contribution is -2.44. The number of carbonyl (C=O) groups excluding carboxylic acids is 3. The molecule has 31 heavy (non-hydrogen) atoms. The van der Waals surface area contributed by atoms with Crippen LogP contribution >= 0.6 is 0 Å². The van der Waals surface area contributed by atoms with Gasteiger partial charge in [-0.2, -0.15) is 0 Å². The first-order valence-electron chi connectivity index (χ1n) is 11.4. The molecule has 0 spiro atoms. The molecule has 0 saturated heterocycles. The van der Waals surface area contributed by atoms with Crippen LogP contribution < -0.4 is 10.6 Å². The van der Waals surface area contributed by atoms with Crippen molar-refractivity contribution < 1.29 is 19.1 Å². The Hall–Kier alpha value is -2.57. The van der Waals surface area contributed by atoms with Crippen molar-refractivity contribution in [3.8, 4) is 0 Å². The van der Waals surface area contributed by atoms with Crippen molar-refractivity contribution in [2.24, 2.45) is 0 Å². The number of rotatable bonds is 7. The summed E-state index contributed by atoms with van der Waals surface area (Å²) in [5.41, 5.74) is 0.863. The van der Waals surface area contributed by atoms with Gasteiger partial charge in [-0.25, -0.2) is 4.79 Å². The summed E-state index contributed by atoms with van der Waals surface area (Å²) in [5, 5.41) is 5.92. The zero-order chi connectivity index (χ0) is 22.4. The van der Waals surface area contributed by atoms with Crippen LogP contribution in [0, 0.1) is 0 Å². The first-order chi connectivity index (χ1) is 14.8. The highest BCUT2D eigenvalue weighted by molar-refractivity contribution is 6.04. The van der Waals surface area contributed by atoms with Crippen LogP contribution in [0.2, 0.25) is 0 Å². The molecule has 7 nitrogen and oxygen atoms in total. The number of nitrogens with zero attached hydrogens (tertiary/aromatic N) is 1. The van der Waals surface area contributed by atoms with Gasteiger partial charge < -0.3 is 20.3 Å². The van der Waals surface area contributed by atoms with Crippen LogP contribution in [0.25, 0.3) is 0 Å². The molecule has 1 aromatic rings. The van der Waals surface area contributed by atoms with E-state index >= 15 is 0 Å². The first-order valence-corrected chi connectivity index (χ1v) is 11.4. The second kappa shape index (κ2) is 10.2. The van der Waals surface area contributed by atoms with Gasteiger partial charge in [-0.15, -0.1) is 0 Å². The third-order valence-electron chi connectivity index (χ3n) is 5.75. The van der Waals surface area contributed by atoms with Crippen LogP contribution in [0.3, 0.4) is 0 Å². The zero-order valence-electron chi connectivity index (χ0n) is 18.9. The van der Waals surface area contributed by atoms with Gasteiger partial charge in [0.25, 0.3) is 5.91 Å². The number of hydrogen-bond acceptors (Lipinski definition) is 4. The number of ether oxygens (including phenoxy) is 1. The normalized spacial score (nSPS) is 19.1. The largest absolute Gasteiger partial charge is 0.444 e. The van der Waals surface area contributed by atoms with E-state index in [1.54, 1.807) is 11.0 Å². The Morgan fingerprint density at radius 1 is 1.10 bits per heavy atom. The van der Waals surface area contributed by atoms with Gasteiger partial charge in [0.1, 0.15) is 11.6 Å². The summed E-state index contributed by atoms with van der Waals surface area (Å²) in [5.74, 6) is -0.184. The lowest BCUT2D eigenvalue weighted by molar-refractivity contribution is -0.126. The van der Waals surface area contributed by atoms with Gasteiger partial charge in [0, 0.05) is 24.7 Å². The van der Waals surface area contributed by atoms with Crippen LogP contribution in [-0.4, -0.2) is 47.5 Å². The summed E-state index contributed by atoms with van der Waals surface area (Å²) >= 11 is 0. The number of amides is 3. The Labute approximate surface area is 184 Å². The molecule has 1 unspecified atom stereocenters. The maximum absolute atomic E-state index is 13.2. The average molecular weight is 430 g/mol. The van der Waals surface area contributed by atoms with Crippen molar-refractivity contribution in [3.63, 3.8) is 0 Å². The second-order valence-corrected chi connectivity index (χ2v) is 9.47. The second-order valence-electron chi connectivity index (χ2n) is 9.47. The van der Waals surface area contributed by atoms with E-state index in [1.165, 1.54) is 6.42 Å². The molecule has 1 fully saturated rings. The summed E-state index contributed by atoms with van der Waals surface area (Å²) in [6.07, 6.45) is 6.44. The minimum absolute atomic E-state index is 0.0860. The van der Waals surface area contributed by atoms with Crippen molar-refractivity contribution in [1.82, 2.24) is 15.5 Å². The number of alkyl carbamates (subject to hydrolysis) is 1. The molecule has 2 N–H and O–H groups in total. The molecule has 2 aliphatic rings. The summed E-state index contributed by atoms with van der Waals surface area (Å²) in [6, 6.07) is 7.00. The molecule has 0 aromatic heterocycles. The van der Waals surface area contributed by atoms with E-state index < -0.39 is 17.7 Å². The SMILES string of the molecule is CC(C)(C)OC(=O)NCCCCN1C(=O)c2ccccc2C1C(=O)NC1CCCCC1. The zero-order valence-corrected chi connectivity index (χ0v) is 18.9. The van der Waals surface area contributed by atoms with E-state index in [1.807, 2.05) is 39.0 Å². The minimum Gasteiger partial charge on any atom is -0.444 e. The molecular formula is C24H35N3O4.